The van der Waals surface area contributed by atoms with E-state index in [1.807, 2.05) is 20.8 Å². The van der Waals surface area contributed by atoms with Crippen molar-refractivity contribution in [1.29, 1.82) is 0 Å². The molecule has 1 aromatic carbocycles. The van der Waals surface area contributed by atoms with Crippen molar-refractivity contribution >= 4 is 23.2 Å². The third-order valence-corrected chi connectivity index (χ3v) is 5.29. The number of benzene rings is 1. The van der Waals surface area contributed by atoms with Crippen LogP contribution in [0.25, 0.3) is 0 Å². The van der Waals surface area contributed by atoms with Gasteiger partial charge in [0.15, 0.2) is 5.69 Å². The summed E-state index contributed by atoms with van der Waals surface area (Å²) in [6, 6.07) is 6.85. The Morgan fingerprint density at radius 3 is 2.35 bits per heavy atom. The molecule has 0 saturated carbocycles. The fourth-order valence-corrected chi connectivity index (χ4v) is 3.46. The van der Waals surface area contributed by atoms with Crippen molar-refractivity contribution in [2.75, 3.05) is 11.9 Å². The maximum absolute atomic E-state index is 12.8. The van der Waals surface area contributed by atoms with Crippen LogP contribution in [0.2, 0.25) is 0 Å². The van der Waals surface area contributed by atoms with Crippen LogP contribution in [0.15, 0.2) is 30.5 Å². The summed E-state index contributed by atoms with van der Waals surface area (Å²) in [7, 11) is 0. The summed E-state index contributed by atoms with van der Waals surface area (Å²) in [4.78, 5) is 36.1. The molecule has 0 aliphatic heterocycles. The molecule has 0 aliphatic carbocycles. The molecule has 2 N–H and O–H groups in total. The second kappa shape index (κ2) is 10.3. The standard InChI is InChI=1S/C23H29N7O4/c1-6-28-13-19(20(27-28)23(32)24-11-14(2)3)25-22(31)18-9-7-17(8-10-18)12-29-16(5)21(30(33)34)15(4)26-29/h7-10,13-14H,6,11-12H2,1-5H3,(H,24,32)(H,25,31). The topological polar surface area (TPSA) is 137 Å². The first-order chi connectivity index (χ1) is 16.1. The number of carbonyl (C=O) groups excluding carboxylic acids is 2. The molecular formula is C23H29N7O4. The molecule has 0 saturated heterocycles. The zero-order chi connectivity index (χ0) is 25.0. The zero-order valence-corrected chi connectivity index (χ0v) is 20.0. The van der Waals surface area contributed by atoms with Gasteiger partial charge in [0.2, 0.25) is 0 Å². The average Bonchev–Trinajstić information content (AvgIpc) is 3.32. The summed E-state index contributed by atoms with van der Waals surface area (Å²) in [6.45, 7) is 10.5. The summed E-state index contributed by atoms with van der Waals surface area (Å²) in [6.07, 6.45) is 1.63. The second-order valence-electron chi connectivity index (χ2n) is 8.44. The summed E-state index contributed by atoms with van der Waals surface area (Å²) < 4.78 is 3.17. The van der Waals surface area contributed by atoms with Gasteiger partial charge in [-0.05, 0) is 44.4 Å². The third-order valence-electron chi connectivity index (χ3n) is 5.29. The fraction of sp³-hybridized carbons (Fsp3) is 0.391. The van der Waals surface area contributed by atoms with E-state index in [2.05, 4.69) is 20.8 Å². The van der Waals surface area contributed by atoms with Crippen molar-refractivity contribution in [3.63, 3.8) is 0 Å². The quantitative estimate of drug-likeness (QED) is 0.366. The molecule has 2 aromatic heterocycles. The molecule has 0 spiro atoms. The van der Waals surface area contributed by atoms with Crippen LogP contribution in [0.5, 0.6) is 0 Å². The van der Waals surface area contributed by atoms with Crippen molar-refractivity contribution in [3.05, 3.63) is 68.8 Å². The Morgan fingerprint density at radius 2 is 1.79 bits per heavy atom. The van der Waals surface area contributed by atoms with E-state index in [1.165, 1.54) is 0 Å². The number of hydrogen-bond acceptors (Lipinski definition) is 6. The first kappa shape index (κ1) is 24.6. The van der Waals surface area contributed by atoms with Gasteiger partial charge < -0.3 is 10.6 Å². The van der Waals surface area contributed by atoms with Crippen LogP contribution in [0, 0.1) is 29.9 Å². The van der Waals surface area contributed by atoms with Crippen LogP contribution in [0.1, 0.15) is 58.6 Å². The molecule has 2 heterocycles. The van der Waals surface area contributed by atoms with Crippen LogP contribution in [-0.4, -0.2) is 42.8 Å². The minimum Gasteiger partial charge on any atom is -0.350 e. The van der Waals surface area contributed by atoms with Crippen LogP contribution in [0.3, 0.4) is 0 Å². The second-order valence-corrected chi connectivity index (χ2v) is 8.44. The lowest BCUT2D eigenvalue weighted by atomic mass is 10.1. The van der Waals surface area contributed by atoms with Crippen molar-refractivity contribution in [1.82, 2.24) is 24.9 Å². The molecule has 0 bridgehead atoms. The maximum atomic E-state index is 12.8. The van der Waals surface area contributed by atoms with Crippen molar-refractivity contribution in [2.24, 2.45) is 5.92 Å². The van der Waals surface area contributed by atoms with E-state index < -0.39 is 4.92 Å². The number of nitro groups is 1. The lowest BCUT2D eigenvalue weighted by Gasteiger charge is -2.09. The van der Waals surface area contributed by atoms with Gasteiger partial charge in [-0.25, -0.2) is 0 Å². The van der Waals surface area contributed by atoms with Gasteiger partial charge in [0.1, 0.15) is 11.4 Å². The Kier molecular flexibility index (Phi) is 7.44. The van der Waals surface area contributed by atoms with E-state index in [0.29, 0.717) is 42.3 Å². The summed E-state index contributed by atoms with van der Waals surface area (Å²) in [5.41, 5.74) is 2.59. The fourth-order valence-electron chi connectivity index (χ4n) is 3.46. The van der Waals surface area contributed by atoms with E-state index in [1.54, 1.807) is 53.7 Å². The summed E-state index contributed by atoms with van der Waals surface area (Å²) in [5, 5.41) is 25.3. The maximum Gasteiger partial charge on any atom is 0.312 e. The van der Waals surface area contributed by atoms with Crippen LogP contribution >= 0.6 is 0 Å². The summed E-state index contributed by atoms with van der Waals surface area (Å²) in [5.74, 6) is -0.429. The van der Waals surface area contributed by atoms with E-state index in [9.17, 15) is 19.7 Å². The SMILES string of the molecule is CCn1cc(NC(=O)c2ccc(Cn3nc(C)c([N+](=O)[O-])c3C)cc2)c(C(=O)NCC(C)C)n1. The lowest BCUT2D eigenvalue weighted by Crippen LogP contribution is -2.28. The van der Waals surface area contributed by atoms with Crippen LogP contribution < -0.4 is 10.6 Å². The molecule has 0 unspecified atom stereocenters. The average molecular weight is 468 g/mol. The first-order valence-electron chi connectivity index (χ1n) is 11.0. The highest BCUT2D eigenvalue weighted by Gasteiger charge is 2.22. The highest BCUT2D eigenvalue weighted by molar-refractivity contribution is 6.08. The van der Waals surface area contributed by atoms with E-state index in [4.69, 9.17) is 0 Å². The highest BCUT2D eigenvalue weighted by atomic mass is 16.6. The predicted octanol–water partition coefficient (Wildman–Crippen LogP) is 3.31. The number of aryl methyl sites for hydroxylation is 2. The Labute approximate surface area is 197 Å². The molecular weight excluding hydrogens is 438 g/mol. The number of nitrogens with zero attached hydrogens (tertiary/aromatic N) is 5. The number of nitrogens with one attached hydrogen (secondary N) is 2. The normalized spacial score (nSPS) is 11.0. The molecule has 34 heavy (non-hydrogen) atoms. The van der Waals surface area contributed by atoms with Crippen LogP contribution in [0.4, 0.5) is 11.4 Å². The van der Waals surface area contributed by atoms with E-state index in [-0.39, 0.29) is 29.1 Å². The number of anilines is 1. The Hall–Kier alpha value is -4.02. The summed E-state index contributed by atoms with van der Waals surface area (Å²) >= 11 is 0. The number of carbonyl (C=O) groups is 2. The van der Waals surface area contributed by atoms with Gasteiger partial charge in [-0.1, -0.05) is 26.0 Å². The molecule has 11 heteroatoms. The van der Waals surface area contributed by atoms with Crippen molar-refractivity contribution in [2.45, 2.75) is 47.7 Å². The van der Waals surface area contributed by atoms with Crippen LogP contribution in [-0.2, 0) is 13.1 Å². The predicted molar refractivity (Wildman–Crippen MR) is 127 cm³/mol. The van der Waals surface area contributed by atoms with Gasteiger partial charge >= 0.3 is 5.69 Å². The minimum absolute atomic E-state index is 0.0110. The zero-order valence-electron chi connectivity index (χ0n) is 20.0. The lowest BCUT2D eigenvalue weighted by molar-refractivity contribution is -0.386. The number of rotatable bonds is 9. The molecule has 0 fully saturated rings. The minimum atomic E-state index is -0.431. The third kappa shape index (κ3) is 5.48. The van der Waals surface area contributed by atoms with Crippen molar-refractivity contribution in [3.8, 4) is 0 Å². The van der Waals surface area contributed by atoms with E-state index in [0.717, 1.165) is 5.56 Å². The van der Waals surface area contributed by atoms with Gasteiger partial charge in [0.05, 0.1) is 17.2 Å². The molecule has 2 amide bonds. The number of hydrogen-bond donors (Lipinski definition) is 2. The monoisotopic (exact) mass is 467 g/mol. The van der Waals surface area contributed by atoms with Gasteiger partial charge in [-0.2, -0.15) is 10.2 Å². The van der Waals surface area contributed by atoms with Crippen molar-refractivity contribution < 1.29 is 14.5 Å². The molecule has 11 nitrogen and oxygen atoms in total. The largest absolute Gasteiger partial charge is 0.350 e. The molecule has 3 rings (SSSR count). The molecule has 180 valence electrons. The first-order valence-corrected chi connectivity index (χ1v) is 11.0. The Morgan fingerprint density at radius 1 is 1.12 bits per heavy atom. The Bertz CT molecular complexity index is 1210. The number of aromatic nitrogens is 4. The number of amides is 2. The molecule has 0 atom stereocenters. The van der Waals surface area contributed by atoms with Gasteiger partial charge in [-0.3, -0.25) is 29.1 Å². The van der Waals surface area contributed by atoms with E-state index >= 15 is 0 Å². The Balaban J connectivity index is 1.73. The molecule has 3 aromatic rings. The van der Waals surface area contributed by atoms with Gasteiger partial charge in [-0.15, -0.1) is 0 Å². The molecule has 0 aliphatic rings. The van der Waals surface area contributed by atoms with Gasteiger partial charge in [0, 0.05) is 24.8 Å². The van der Waals surface area contributed by atoms with Gasteiger partial charge in [0.25, 0.3) is 11.8 Å². The highest BCUT2D eigenvalue weighted by Crippen LogP contribution is 2.23. The molecule has 0 radical (unpaired) electrons. The smallest absolute Gasteiger partial charge is 0.312 e.